The second-order valence-corrected chi connectivity index (χ2v) is 6.08. The van der Waals surface area contributed by atoms with Gasteiger partial charge in [0.1, 0.15) is 5.82 Å². The fourth-order valence-corrected chi connectivity index (χ4v) is 2.37. The average molecular weight is 312 g/mol. The summed E-state index contributed by atoms with van der Waals surface area (Å²) in [5.41, 5.74) is 0.254. The molecule has 0 atom stereocenters. The van der Waals surface area contributed by atoms with Crippen LogP contribution in [0.2, 0.25) is 0 Å². The number of rotatable bonds is 4. The van der Waals surface area contributed by atoms with E-state index in [9.17, 15) is 4.39 Å². The van der Waals surface area contributed by atoms with Crippen molar-refractivity contribution in [3.63, 3.8) is 0 Å². The molecule has 0 spiro atoms. The quantitative estimate of drug-likeness (QED) is 0.753. The first-order valence-corrected chi connectivity index (χ1v) is 6.75. The summed E-state index contributed by atoms with van der Waals surface area (Å²) in [5.74, 6) is 2.57. The average Bonchev–Trinajstić information content (AvgIpc) is 2.29. The zero-order valence-electron chi connectivity index (χ0n) is 11.3. The second-order valence-electron chi connectivity index (χ2n) is 5.16. The fraction of sp³-hybridized carbons (Fsp3) is 0.467. The van der Waals surface area contributed by atoms with Crippen molar-refractivity contribution in [1.29, 1.82) is 0 Å². The Bertz CT molecular complexity index is 460. The lowest BCUT2D eigenvalue weighted by atomic mass is 10.0. The van der Waals surface area contributed by atoms with E-state index >= 15 is 0 Å². The molecule has 0 N–H and O–H groups in total. The Labute approximate surface area is 118 Å². The topological polar surface area (TPSA) is 3.24 Å². The number of halogens is 2. The highest BCUT2D eigenvalue weighted by Crippen LogP contribution is 2.23. The summed E-state index contributed by atoms with van der Waals surface area (Å²) < 4.78 is 14.7. The van der Waals surface area contributed by atoms with Crippen LogP contribution in [-0.2, 0) is 6.54 Å². The maximum atomic E-state index is 13.8. The molecule has 0 saturated heterocycles. The molecule has 0 aliphatic rings. The van der Waals surface area contributed by atoms with E-state index in [2.05, 4.69) is 40.6 Å². The van der Waals surface area contributed by atoms with E-state index in [0.717, 1.165) is 4.47 Å². The van der Waals surface area contributed by atoms with Crippen LogP contribution in [0, 0.1) is 18.2 Å². The highest BCUT2D eigenvalue weighted by atomic mass is 79.9. The monoisotopic (exact) mass is 311 g/mol. The first-order chi connectivity index (χ1) is 8.27. The molecular weight excluding hydrogens is 293 g/mol. The number of benzene rings is 1. The van der Waals surface area contributed by atoms with Crippen LogP contribution in [0.4, 0.5) is 4.39 Å². The lowest BCUT2D eigenvalue weighted by Gasteiger charge is -2.38. The summed E-state index contributed by atoms with van der Waals surface area (Å²) in [6.45, 7) is 8.58. The van der Waals surface area contributed by atoms with Crippen molar-refractivity contribution in [3.05, 3.63) is 34.1 Å². The summed E-state index contributed by atoms with van der Waals surface area (Å²) in [7, 11) is 0. The summed E-state index contributed by atoms with van der Waals surface area (Å²) in [6, 6.07) is 5.22. The van der Waals surface area contributed by atoms with E-state index < -0.39 is 5.54 Å². The Hall–Kier alpha value is -0.850. The van der Waals surface area contributed by atoms with Crippen LogP contribution in [0.3, 0.4) is 0 Å². The van der Waals surface area contributed by atoms with Gasteiger partial charge in [-0.3, -0.25) is 4.90 Å². The van der Waals surface area contributed by atoms with Gasteiger partial charge in [-0.2, -0.15) is 0 Å². The van der Waals surface area contributed by atoms with Crippen LogP contribution >= 0.6 is 15.9 Å². The Morgan fingerprint density at radius 1 is 1.44 bits per heavy atom. The van der Waals surface area contributed by atoms with Crippen molar-refractivity contribution in [1.82, 2.24) is 4.90 Å². The molecule has 18 heavy (non-hydrogen) atoms. The molecule has 0 unspecified atom stereocenters. The van der Waals surface area contributed by atoms with Crippen molar-refractivity contribution in [3.8, 4) is 12.3 Å². The molecule has 3 heteroatoms. The highest BCUT2D eigenvalue weighted by molar-refractivity contribution is 9.10. The lowest BCUT2D eigenvalue weighted by Crippen LogP contribution is -2.46. The van der Waals surface area contributed by atoms with Gasteiger partial charge in [-0.25, -0.2) is 4.39 Å². The van der Waals surface area contributed by atoms with Gasteiger partial charge in [0.15, 0.2) is 0 Å². The molecule has 0 aliphatic heterocycles. The predicted molar refractivity (Wildman–Crippen MR) is 77.7 cm³/mol. The number of hydrogen-bond acceptors (Lipinski definition) is 1. The zero-order chi connectivity index (χ0) is 13.9. The number of nitrogens with zero attached hydrogens (tertiary/aromatic N) is 1. The summed E-state index contributed by atoms with van der Waals surface area (Å²) >= 11 is 3.37. The minimum absolute atomic E-state index is 0.198. The predicted octanol–water partition coefficient (Wildman–Crippen LogP) is 4.21. The first kappa shape index (κ1) is 15.2. The Kier molecular flexibility index (Phi) is 4.95. The van der Waals surface area contributed by atoms with Gasteiger partial charge in [0.05, 0.1) is 5.54 Å². The van der Waals surface area contributed by atoms with Gasteiger partial charge in [0, 0.05) is 22.6 Å². The van der Waals surface area contributed by atoms with Crippen LogP contribution in [0.5, 0.6) is 0 Å². The summed E-state index contributed by atoms with van der Waals surface area (Å²) in [6.07, 6.45) is 5.57. The van der Waals surface area contributed by atoms with Crippen molar-refractivity contribution in [2.75, 3.05) is 0 Å². The molecule has 1 aromatic rings. The molecule has 0 aromatic heterocycles. The van der Waals surface area contributed by atoms with Gasteiger partial charge in [-0.05, 0) is 45.9 Å². The van der Waals surface area contributed by atoms with E-state index in [-0.39, 0.29) is 11.9 Å². The Morgan fingerprint density at radius 3 is 2.56 bits per heavy atom. The third-order valence-corrected chi connectivity index (χ3v) is 3.54. The molecule has 1 nitrogen and oxygen atoms in total. The minimum Gasteiger partial charge on any atom is -0.281 e. The third-order valence-electron chi connectivity index (χ3n) is 3.04. The molecule has 0 aliphatic carbocycles. The van der Waals surface area contributed by atoms with Crippen LogP contribution in [0.25, 0.3) is 0 Å². The standard InChI is InChI=1S/C15H19BrFN/c1-6-15(4,5)18(11(2)3)10-12-9-13(16)7-8-14(12)17/h1,7-9,11H,10H2,2-5H3. The van der Waals surface area contributed by atoms with Crippen molar-refractivity contribution < 1.29 is 4.39 Å². The molecule has 0 radical (unpaired) electrons. The van der Waals surface area contributed by atoms with E-state index in [0.29, 0.717) is 12.1 Å². The van der Waals surface area contributed by atoms with Gasteiger partial charge in [0.25, 0.3) is 0 Å². The Morgan fingerprint density at radius 2 is 2.06 bits per heavy atom. The largest absolute Gasteiger partial charge is 0.281 e. The zero-order valence-corrected chi connectivity index (χ0v) is 12.9. The van der Waals surface area contributed by atoms with E-state index in [1.165, 1.54) is 6.07 Å². The van der Waals surface area contributed by atoms with Crippen LogP contribution < -0.4 is 0 Å². The van der Waals surface area contributed by atoms with Gasteiger partial charge in [0.2, 0.25) is 0 Å². The fourth-order valence-electron chi connectivity index (χ4n) is 1.96. The summed E-state index contributed by atoms with van der Waals surface area (Å²) in [5, 5.41) is 0. The molecular formula is C15H19BrFN. The Balaban J connectivity index is 3.05. The molecule has 0 saturated carbocycles. The SMILES string of the molecule is C#CC(C)(C)N(Cc1cc(Br)ccc1F)C(C)C. The molecule has 98 valence electrons. The van der Waals surface area contributed by atoms with Crippen molar-refractivity contribution in [2.24, 2.45) is 0 Å². The molecule has 0 fully saturated rings. The van der Waals surface area contributed by atoms with E-state index in [1.807, 2.05) is 13.8 Å². The second kappa shape index (κ2) is 5.86. The lowest BCUT2D eigenvalue weighted by molar-refractivity contribution is 0.118. The van der Waals surface area contributed by atoms with E-state index in [1.54, 1.807) is 12.1 Å². The van der Waals surface area contributed by atoms with Gasteiger partial charge in [-0.1, -0.05) is 21.9 Å². The van der Waals surface area contributed by atoms with Crippen molar-refractivity contribution in [2.45, 2.75) is 45.8 Å². The number of hydrogen-bond donors (Lipinski definition) is 0. The molecule has 1 aromatic carbocycles. The van der Waals surface area contributed by atoms with Crippen LogP contribution in [0.1, 0.15) is 33.3 Å². The third kappa shape index (κ3) is 3.57. The van der Waals surface area contributed by atoms with Gasteiger partial charge in [-0.15, -0.1) is 6.42 Å². The van der Waals surface area contributed by atoms with Gasteiger partial charge >= 0.3 is 0 Å². The van der Waals surface area contributed by atoms with E-state index in [4.69, 9.17) is 6.42 Å². The molecule has 0 heterocycles. The van der Waals surface area contributed by atoms with Crippen LogP contribution in [0.15, 0.2) is 22.7 Å². The molecule has 0 amide bonds. The van der Waals surface area contributed by atoms with Crippen molar-refractivity contribution >= 4 is 15.9 Å². The maximum absolute atomic E-state index is 13.8. The molecule has 0 bridgehead atoms. The highest BCUT2D eigenvalue weighted by Gasteiger charge is 2.27. The summed E-state index contributed by atoms with van der Waals surface area (Å²) in [4.78, 5) is 2.11. The number of terminal acetylenes is 1. The minimum atomic E-state index is -0.400. The van der Waals surface area contributed by atoms with Gasteiger partial charge < -0.3 is 0 Å². The smallest absolute Gasteiger partial charge is 0.127 e. The first-order valence-electron chi connectivity index (χ1n) is 5.96. The maximum Gasteiger partial charge on any atom is 0.127 e. The van der Waals surface area contributed by atoms with Crippen LogP contribution in [-0.4, -0.2) is 16.5 Å². The normalized spacial score (nSPS) is 11.9. The molecule has 1 rings (SSSR count).